The molecule has 0 radical (unpaired) electrons. The maximum atomic E-state index is 12.9. The molecule has 3 heterocycles. The standard InChI is InChI=1S/C27H31Cl2N5O2/c28-21-8-11-23(24(29)15-21)26-31-25(36-32-26)18-33-12-4-5-20(17-33)27(35)30-16-19-6-9-22(10-7-19)34-13-2-1-3-14-34/h6-11,15,20H,1-5,12-14,16-18H2,(H,30,35). The molecule has 1 N–H and O–H groups in total. The van der Waals surface area contributed by atoms with Gasteiger partial charge in [-0.15, -0.1) is 0 Å². The van der Waals surface area contributed by atoms with E-state index < -0.39 is 0 Å². The highest BCUT2D eigenvalue weighted by molar-refractivity contribution is 6.36. The number of nitrogens with zero attached hydrogens (tertiary/aromatic N) is 4. The fourth-order valence-corrected chi connectivity index (χ4v) is 5.51. The van der Waals surface area contributed by atoms with Gasteiger partial charge in [0, 0.05) is 42.5 Å². The van der Waals surface area contributed by atoms with Gasteiger partial charge in [-0.05, 0) is 74.5 Å². The maximum absolute atomic E-state index is 12.9. The van der Waals surface area contributed by atoms with Crippen LogP contribution in [0.4, 0.5) is 5.69 Å². The molecule has 5 rings (SSSR count). The monoisotopic (exact) mass is 527 g/mol. The van der Waals surface area contributed by atoms with Crippen LogP contribution in [0.5, 0.6) is 0 Å². The second-order valence-electron chi connectivity index (χ2n) is 9.64. The summed E-state index contributed by atoms with van der Waals surface area (Å²) in [6.45, 7) is 4.87. The number of hydrogen-bond donors (Lipinski definition) is 1. The predicted octanol–water partition coefficient (Wildman–Crippen LogP) is 5.56. The van der Waals surface area contributed by atoms with E-state index in [1.54, 1.807) is 18.2 Å². The first-order valence-corrected chi connectivity index (χ1v) is 13.4. The molecule has 7 nitrogen and oxygen atoms in total. The molecule has 2 saturated heterocycles. The number of likely N-dealkylation sites (tertiary alicyclic amines) is 1. The second kappa shape index (κ2) is 11.6. The van der Waals surface area contributed by atoms with Crippen LogP contribution in [0.2, 0.25) is 10.0 Å². The van der Waals surface area contributed by atoms with Crippen LogP contribution in [-0.2, 0) is 17.9 Å². The lowest BCUT2D eigenvalue weighted by Gasteiger charge is -2.31. The predicted molar refractivity (Wildman–Crippen MR) is 142 cm³/mol. The molecular weight excluding hydrogens is 497 g/mol. The summed E-state index contributed by atoms with van der Waals surface area (Å²) in [6.07, 6.45) is 5.69. The van der Waals surface area contributed by atoms with Crippen molar-refractivity contribution in [2.24, 2.45) is 5.92 Å². The van der Waals surface area contributed by atoms with Crippen molar-refractivity contribution in [1.82, 2.24) is 20.4 Å². The minimum atomic E-state index is -0.0560. The van der Waals surface area contributed by atoms with Crippen LogP contribution in [0.25, 0.3) is 11.4 Å². The van der Waals surface area contributed by atoms with E-state index in [1.807, 2.05) is 0 Å². The van der Waals surface area contributed by atoms with Crippen LogP contribution >= 0.6 is 23.2 Å². The normalized spacial score (nSPS) is 18.8. The largest absolute Gasteiger partial charge is 0.372 e. The summed E-state index contributed by atoms with van der Waals surface area (Å²) in [6, 6.07) is 13.8. The van der Waals surface area contributed by atoms with E-state index in [0.717, 1.165) is 38.0 Å². The molecule has 190 valence electrons. The van der Waals surface area contributed by atoms with E-state index in [9.17, 15) is 4.79 Å². The van der Waals surface area contributed by atoms with Crippen molar-refractivity contribution in [2.75, 3.05) is 31.1 Å². The lowest BCUT2D eigenvalue weighted by atomic mass is 9.97. The maximum Gasteiger partial charge on any atom is 0.241 e. The van der Waals surface area contributed by atoms with Crippen LogP contribution < -0.4 is 10.2 Å². The van der Waals surface area contributed by atoms with Crippen LogP contribution in [0, 0.1) is 5.92 Å². The van der Waals surface area contributed by atoms with Gasteiger partial charge in [0.25, 0.3) is 0 Å². The number of anilines is 1. The zero-order valence-electron chi connectivity index (χ0n) is 20.3. The van der Waals surface area contributed by atoms with Gasteiger partial charge < -0.3 is 14.7 Å². The molecule has 1 unspecified atom stereocenters. The van der Waals surface area contributed by atoms with Crippen molar-refractivity contribution in [3.05, 3.63) is 64.0 Å². The van der Waals surface area contributed by atoms with Crippen LogP contribution in [0.1, 0.15) is 43.6 Å². The van der Waals surface area contributed by atoms with E-state index in [2.05, 4.69) is 49.5 Å². The van der Waals surface area contributed by atoms with E-state index in [-0.39, 0.29) is 11.8 Å². The Labute approximate surface area is 221 Å². The number of benzene rings is 2. The van der Waals surface area contributed by atoms with Crippen LogP contribution in [0.3, 0.4) is 0 Å². The number of aromatic nitrogens is 2. The molecule has 0 spiro atoms. The van der Waals surface area contributed by atoms with Gasteiger partial charge in [0.05, 0.1) is 17.5 Å². The SMILES string of the molecule is O=C(NCc1ccc(N2CCCCC2)cc1)C1CCCN(Cc2nc(-c3ccc(Cl)cc3Cl)no2)C1. The quantitative estimate of drug-likeness (QED) is 0.433. The second-order valence-corrected chi connectivity index (χ2v) is 10.5. The van der Waals surface area contributed by atoms with Gasteiger partial charge >= 0.3 is 0 Å². The first-order chi connectivity index (χ1) is 17.5. The average Bonchev–Trinajstić information content (AvgIpc) is 3.36. The Balaban J connectivity index is 1.12. The number of halogens is 2. The van der Waals surface area contributed by atoms with E-state index in [1.165, 1.54) is 24.9 Å². The number of rotatable bonds is 7. The van der Waals surface area contributed by atoms with Crippen molar-refractivity contribution in [3.8, 4) is 11.4 Å². The smallest absolute Gasteiger partial charge is 0.241 e. The number of amides is 1. The Morgan fingerprint density at radius 2 is 1.83 bits per heavy atom. The van der Waals surface area contributed by atoms with E-state index >= 15 is 0 Å². The molecule has 1 atom stereocenters. The van der Waals surface area contributed by atoms with Crippen molar-refractivity contribution >= 4 is 34.8 Å². The van der Waals surface area contributed by atoms with E-state index in [4.69, 9.17) is 27.7 Å². The molecule has 9 heteroatoms. The third-order valence-electron chi connectivity index (χ3n) is 7.00. The topological polar surface area (TPSA) is 74.5 Å². The molecule has 2 aromatic carbocycles. The summed E-state index contributed by atoms with van der Waals surface area (Å²) in [5, 5.41) is 8.24. The highest BCUT2D eigenvalue weighted by atomic mass is 35.5. The lowest BCUT2D eigenvalue weighted by Crippen LogP contribution is -2.42. The number of nitrogens with one attached hydrogen (secondary N) is 1. The molecule has 1 amide bonds. The summed E-state index contributed by atoms with van der Waals surface area (Å²) in [5.41, 5.74) is 3.07. The van der Waals surface area contributed by atoms with Gasteiger partial charge in [-0.25, -0.2) is 0 Å². The molecule has 2 aliphatic rings. The van der Waals surface area contributed by atoms with Gasteiger partial charge in [-0.2, -0.15) is 4.98 Å². The highest BCUT2D eigenvalue weighted by Gasteiger charge is 2.27. The van der Waals surface area contributed by atoms with Crippen LogP contribution in [-0.4, -0.2) is 47.1 Å². The Hall–Kier alpha value is -2.61. The highest BCUT2D eigenvalue weighted by Crippen LogP contribution is 2.29. The van der Waals surface area contributed by atoms with Crippen LogP contribution in [0.15, 0.2) is 47.0 Å². The van der Waals surface area contributed by atoms with E-state index in [0.29, 0.717) is 47.0 Å². The molecule has 1 aromatic heterocycles. The summed E-state index contributed by atoms with van der Waals surface area (Å²) >= 11 is 12.3. The van der Waals surface area contributed by atoms with Gasteiger partial charge in [0.1, 0.15) is 0 Å². The fourth-order valence-electron chi connectivity index (χ4n) is 5.01. The minimum absolute atomic E-state index is 0.0560. The Morgan fingerprint density at radius 3 is 2.61 bits per heavy atom. The first-order valence-electron chi connectivity index (χ1n) is 12.7. The Morgan fingerprint density at radius 1 is 1.03 bits per heavy atom. The fraction of sp³-hybridized carbons (Fsp3) is 0.444. The zero-order chi connectivity index (χ0) is 24.9. The number of piperidine rings is 2. The zero-order valence-corrected chi connectivity index (χ0v) is 21.8. The number of hydrogen-bond acceptors (Lipinski definition) is 6. The molecule has 36 heavy (non-hydrogen) atoms. The third-order valence-corrected chi connectivity index (χ3v) is 7.55. The molecular formula is C27H31Cl2N5O2. The molecule has 3 aromatic rings. The Kier molecular flexibility index (Phi) is 8.09. The lowest BCUT2D eigenvalue weighted by molar-refractivity contribution is -0.127. The van der Waals surface area contributed by atoms with Crippen molar-refractivity contribution in [1.29, 1.82) is 0 Å². The summed E-state index contributed by atoms with van der Waals surface area (Å²) < 4.78 is 5.46. The van der Waals surface area contributed by atoms with Crippen molar-refractivity contribution < 1.29 is 9.32 Å². The molecule has 2 aliphatic heterocycles. The summed E-state index contributed by atoms with van der Waals surface area (Å²) in [5.74, 6) is 0.980. The number of carbonyl (C=O) groups excluding carboxylic acids is 1. The molecule has 0 aliphatic carbocycles. The van der Waals surface area contributed by atoms with Gasteiger partial charge in [-0.1, -0.05) is 40.5 Å². The van der Waals surface area contributed by atoms with Gasteiger partial charge in [0.15, 0.2) is 0 Å². The average molecular weight is 528 g/mol. The van der Waals surface area contributed by atoms with Crippen molar-refractivity contribution in [3.63, 3.8) is 0 Å². The minimum Gasteiger partial charge on any atom is -0.372 e. The van der Waals surface area contributed by atoms with Gasteiger partial charge in [-0.3, -0.25) is 9.69 Å². The molecule has 2 fully saturated rings. The summed E-state index contributed by atoms with van der Waals surface area (Å²) in [7, 11) is 0. The van der Waals surface area contributed by atoms with Crippen molar-refractivity contribution in [2.45, 2.75) is 45.2 Å². The summed E-state index contributed by atoms with van der Waals surface area (Å²) in [4.78, 5) is 22.1. The number of carbonyl (C=O) groups is 1. The first kappa shape index (κ1) is 25.1. The molecule has 0 saturated carbocycles. The Bertz CT molecular complexity index is 1180. The third kappa shape index (κ3) is 6.20. The molecule has 0 bridgehead atoms. The van der Waals surface area contributed by atoms with Gasteiger partial charge in [0.2, 0.25) is 17.6 Å².